The Morgan fingerprint density at radius 2 is 1.94 bits per heavy atom. The van der Waals surface area contributed by atoms with Crippen LogP contribution < -0.4 is 4.74 Å². The van der Waals surface area contributed by atoms with Crippen molar-refractivity contribution in [3.63, 3.8) is 0 Å². The SMILES string of the molecule is CCON=C(CC)C1=C(O)CC(c2cccc(Oc3ccc(S(C)=O)cc3)n2)CC1=O. The van der Waals surface area contributed by atoms with Crippen molar-refractivity contribution in [3.05, 3.63) is 59.5 Å². The van der Waals surface area contributed by atoms with Crippen LogP contribution >= 0.6 is 0 Å². The highest BCUT2D eigenvalue weighted by molar-refractivity contribution is 7.84. The van der Waals surface area contributed by atoms with Crippen LogP contribution in [0.2, 0.25) is 0 Å². The second-order valence-electron chi connectivity index (χ2n) is 7.09. The van der Waals surface area contributed by atoms with Gasteiger partial charge in [0, 0.05) is 52.5 Å². The zero-order valence-electron chi connectivity index (χ0n) is 17.8. The van der Waals surface area contributed by atoms with Crippen LogP contribution in [0.1, 0.15) is 44.7 Å². The van der Waals surface area contributed by atoms with Crippen molar-refractivity contribution >= 4 is 22.3 Å². The van der Waals surface area contributed by atoms with Gasteiger partial charge >= 0.3 is 0 Å². The maximum Gasteiger partial charge on any atom is 0.219 e. The number of aromatic nitrogens is 1. The van der Waals surface area contributed by atoms with Crippen LogP contribution in [0.5, 0.6) is 11.6 Å². The quantitative estimate of drug-likeness (QED) is 0.471. The van der Waals surface area contributed by atoms with Gasteiger partial charge in [0.1, 0.15) is 18.1 Å². The minimum atomic E-state index is -1.05. The smallest absolute Gasteiger partial charge is 0.219 e. The molecule has 7 nitrogen and oxygen atoms in total. The lowest BCUT2D eigenvalue weighted by Crippen LogP contribution is -2.24. The summed E-state index contributed by atoms with van der Waals surface area (Å²) in [6.07, 6.45) is 2.62. The van der Waals surface area contributed by atoms with Gasteiger partial charge in [-0.2, -0.15) is 0 Å². The molecule has 0 aliphatic heterocycles. The average Bonchev–Trinajstić information content (AvgIpc) is 2.76. The summed E-state index contributed by atoms with van der Waals surface area (Å²) >= 11 is 0. The van der Waals surface area contributed by atoms with E-state index < -0.39 is 10.8 Å². The molecule has 2 aromatic rings. The second kappa shape index (κ2) is 10.3. The minimum Gasteiger partial charge on any atom is -0.511 e. The number of carbonyl (C=O) groups is 1. The Balaban J connectivity index is 1.78. The summed E-state index contributed by atoms with van der Waals surface area (Å²) in [6.45, 7) is 4.07. The van der Waals surface area contributed by atoms with Crippen LogP contribution in [0.4, 0.5) is 0 Å². The van der Waals surface area contributed by atoms with E-state index in [9.17, 15) is 14.1 Å². The molecule has 0 bridgehead atoms. The van der Waals surface area contributed by atoms with Gasteiger partial charge in [-0.25, -0.2) is 4.98 Å². The molecule has 31 heavy (non-hydrogen) atoms. The number of oxime groups is 1. The van der Waals surface area contributed by atoms with Crippen LogP contribution in [-0.2, 0) is 20.4 Å². The van der Waals surface area contributed by atoms with Crippen LogP contribution in [0.3, 0.4) is 0 Å². The Labute approximate surface area is 184 Å². The number of pyridine rings is 1. The summed E-state index contributed by atoms with van der Waals surface area (Å²) in [7, 11) is -1.05. The first-order valence-corrected chi connectivity index (χ1v) is 11.7. The lowest BCUT2D eigenvalue weighted by molar-refractivity contribution is -0.116. The molecular formula is C23H26N2O5S. The molecule has 0 saturated carbocycles. The van der Waals surface area contributed by atoms with E-state index in [1.165, 1.54) is 0 Å². The highest BCUT2D eigenvalue weighted by Gasteiger charge is 2.32. The molecule has 1 aromatic carbocycles. The van der Waals surface area contributed by atoms with Gasteiger partial charge < -0.3 is 14.7 Å². The molecule has 1 heterocycles. The van der Waals surface area contributed by atoms with E-state index in [0.717, 1.165) is 0 Å². The molecule has 0 spiro atoms. The molecule has 1 aromatic heterocycles. The fourth-order valence-electron chi connectivity index (χ4n) is 3.40. The first-order valence-electron chi connectivity index (χ1n) is 10.2. The van der Waals surface area contributed by atoms with E-state index in [4.69, 9.17) is 9.57 Å². The number of nitrogens with zero attached hydrogens (tertiary/aromatic N) is 2. The molecule has 0 radical (unpaired) electrons. The number of rotatable bonds is 8. The molecule has 1 aliphatic rings. The summed E-state index contributed by atoms with van der Waals surface area (Å²) < 4.78 is 17.3. The Morgan fingerprint density at radius 1 is 1.19 bits per heavy atom. The zero-order chi connectivity index (χ0) is 22.4. The largest absolute Gasteiger partial charge is 0.511 e. The number of carbonyl (C=O) groups excluding carboxylic acids is 1. The monoisotopic (exact) mass is 442 g/mol. The summed E-state index contributed by atoms with van der Waals surface area (Å²) in [5.41, 5.74) is 1.39. The van der Waals surface area contributed by atoms with Crippen molar-refractivity contribution in [2.75, 3.05) is 12.9 Å². The van der Waals surface area contributed by atoms with Crippen LogP contribution in [0.25, 0.3) is 0 Å². The van der Waals surface area contributed by atoms with Crippen LogP contribution in [0.15, 0.2) is 63.8 Å². The van der Waals surface area contributed by atoms with Crippen molar-refractivity contribution < 1.29 is 23.7 Å². The molecule has 8 heteroatoms. The summed E-state index contributed by atoms with van der Waals surface area (Å²) in [6, 6.07) is 12.3. The third-order valence-electron chi connectivity index (χ3n) is 4.91. The number of aliphatic hydroxyl groups is 1. The predicted octanol–water partition coefficient (Wildman–Crippen LogP) is 4.67. The number of ketones is 1. The highest BCUT2D eigenvalue weighted by atomic mass is 32.2. The molecule has 164 valence electrons. The third-order valence-corrected chi connectivity index (χ3v) is 5.84. The Hall–Kier alpha value is -3.00. The Morgan fingerprint density at radius 3 is 2.55 bits per heavy atom. The number of aliphatic hydroxyl groups excluding tert-OH is 1. The van der Waals surface area contributed by atoms with E-state index in [-0.39, 0.29) is 29.5 Å². The molecule has 3 rings (SSSR count). The van der Waals surface area contributed by atoms with Gasteiger partial charge in [-0.15, -0.1) is 0 Å². The highest BCUT2D eigenvalue weighted by Crippen LogP contribution is 2.34. The summed E-state index contributed by atoms with van der Waals surface area (Å²) in [5, 5.41) is 14.6. The van der Waals surface area contributed by atoms with Crippen molar-refractivity contribution in [2.45, 2.75) is 43.9 Å². The van der Waals surface area contributed by atoms with E-state index in [2.05, 4.69) is 10.1 Å². The van der Waals surface area contributed by atoms with Gasteiger partial charge in [0.05, 0.1) is 11.3 Å². The Bertz CT molecular complexity index is 1030. The lowest BCUT2D eigenvalue weighted by atomic mass is 9.83. The van der Waals surface area contributed by atoms with Gasteiger partial charge in [0.25, 0.3) is 0 Å². The molecule has 2 atom stereocenters. The van der Waals surface area contributed by atoms with Gasteiger partial charge in [-0.3, -0.25) is 9.00 Å². The van der Waals surface area contributed by atoms with Crippen molar-refractivity contribution in [1.29, 1.82) is 0 Å². The fourth-order valence-corrected chi connectivity index (χ4v) is 3.91. The first-order chi connectivity index (χ1) is 14.9. The normalized spacial score (nSPS) is 18.1. The fraction of sp³-hybridized carbons (Fsp3) is 0.348. The van der Waals surface area contributed by atoms with E-state index in [0.29, 0.717) is 47.4 Å². The zero-order valence-corrected chi connectivity index (χ0v) is 18.6. The number of allylic oxidation sites excluding steroid dienone is 2. The average molecular weight is 443 g/mol. The number of benzene rings is 1. The molecule has 0 amide bonds. The molecule has 0 fully saturated rings. The van der Waals surface area contributed by atoms with Gasteiger partial charge in [0.2, 0.25) is 5.88 Å². The number of hydrogen-bond donors (Lipinski definition) is 1. The Kier molecular flexibility index (Phi) is 7.57. The van der Waals surface area contributed by atoms with E-state index in [1.54, 1.807) is 36.6 Å². The van der Waals surface area contributed by atoms with E-state index >= 15 is 0 Å². The maximum absolute atomic E-state index is 12.8. The van der Waals surface area contributed by atoms with Gasteiger partial charge in [-0.1, -0.05) is 18.1 Å². The second-order valence-corrected chi connectivity index (χ2v) is 8.47. The number of Topliss-reactive ketones (excluding diaryl/α,β-unsaturated/α-hetero) is 1. The van der Waals surface area contributed by atoms with Crippen LogP contribution in [0, 0.1) is 0 Å². The van der Waals surface area contributed by atoms with Crippen LogP contribution in [-0.4, -0.2) is 38.7 Å². The van der Waals surface area contributed by atoms with E-state index in [1.807, 2.05) is 26.0 Å². The maximum atomic E-state index is 12.8. The van der Waals surface area contributed by atoms with Gasteiger partial charge in [-0.05, 0) is 43.7 Å². The topological polar surface area (TPSA) is 98.1 Å². The summed E-state index contributed by atoms with van der Waals surface area (Å²) in [5.74, 6) is 0.540. The minimum absolute atomic E-state index is 0.0119. The number of ether oxygens (including phenoxy) is 1. The van der Waals surface area contributed by atoms with Crippen molar-refractivity contribution in [1.82, 2.24) is 4.98 Å². The van der Waals surface area contributed by atoms with Gasteiger partial charge in [0.15, 0.2) is 5.78 Å². The molecular weight excluding hydrogens is 416 g/mol. The number of hydrogen-bond acceptors (Lipinski definition) is 7. The van der Waals surface area contributed by atoms with Crippen molar-refractivity contribution in [2.24, 2.45) is 5.16 Å². The molecule has 2 unspecified atom stereocenters. The molecule has 1 N–H and O–H groups in total. The third kappa shape index (κ3) is 5.58. The first kappa shape index (κ1) is 22.7. The standard InChI is InChI=1S/C23H26N2O5S/c1-4-18(25-29-5-2)23-20(26)13-15(14-21(23)27)19-7-6-8-22(24-19)30-16-9-11-17(12-10-16)31(3)28/h6-12,15,26H,4-5,13-14H2,1-3H3. The molecule has 1 aliphatic carbocycles. The molecule has 0 saturated heterocycles. The lowest BCUT2D eigenvalue weighted by Gasteiger charge is -2.23. The van der Waals surface area contributed by atoms with Crippen molar-refractivity contribution in [3.8, 4) is 11.6 Å². The predicted molar refractivity (Wildman–Crippen MR) is 119 cm³/mol. The summed E-state index contributed by atoms with van der Waals surface area (Å²) in [4.78, 5) is 23.1.